The van der Waals surface area contributed by atoms with Gasteiger partial charge in [0.05, 0.1) is 17.5 Å². The van der Waals surface area contributed by atoms with Gasteiger partial charge in [0.15, 0.2) is 5.82 Å². The number of unbranched alkanes of at least 4 members (excludes halogenated alkanes) is 13. The molecule has 0 fully saturated rings. The van der Waals surface area contributed by atoms with Gasteiger partial charge in [-0.2, -0.15) is 10.3 Å². The zero-order valence-corrected chi connectivity index (χ0v) is 23.2. The maximum atomic E-state index is 11.9. The van der Waals surface area contributed by atoms with E-state index < -0.39 is 5.97 Å². The Morgan fingerprint density at radius 3 is 2.03 bits per heavy atom. The molecular formula is C27H48N8O3. The Bertz CT molecular complexity index is 828. The molecule has 2 atom stereocenters. The number of aliphatic carboxylic acids is 1. The predicted molar refractivity (Wildman–Crippen MR) is 147 cm³/mol. The number of rotatable bonds is 24. The van der Waals surface area contributed by atoms with E-state index in [9.17, 15) is 9.59 Å². The van der Waals surface area contributed by atoms with Crippen LogP contribution >= 0.6 is 0 Å². The summed E-state index contributed by atoms with van der Waals surface area (Å²) in [6.45, 7) is 2.91. The van der Waals surface area contributed by atoms with Gasteiger partial charge >= 0.3 is 5.97 Å². The molecule has 0 bridgehead atoms. The van der Waals surface area contributed by atoms with Crippen molar-refractivity contribution >= 4 is 17.6 Å². The summed E-state index contributed by atoms with van der Waals surface area (Å²) in [5.41, 5.74) is 0.935. The second-order valence-corrected chi connectivity index (χ2v) is 10.5. The van der Waals surface area contributed by atoms with E-state index in [1.165, 1.54) is 64.2 Å². The molecule has 0 aliphatic carbocycles. The minimum absolute atomic E-state index is 0.0677. The lowest BCUT2D eigenvalue weighted by atomic mass is 9.94. The first-order valence-corrected chi connectivity index (χ1v) is 14.7. The number of nitrogens with zero attached hydrogens (tertiary/aromatic N) is 6. The Morgan fingerprint density at radius 2 is 1.47 bits per heavy atom. The highest BCUT2D eigenvalue weighted by Crippen LogP contribution is 2.23. The van der Waals surface area contributed by atoms with E-state index in [0.29, 0.717) is 31.8 Å². The topological polar surface area (TPSA) is 158 Å². The Kier molecular flexibility index (Phi) is 16.8. The summed E-state index contributed by atoms with van der Waals surface area (Å²) >= 11 is 0. The van der Waals surface area contributed by atoms with Gasteiger partial charge < -0.3 is 10.4 Å². The highest BCUT2D eigenvalue weighted by atomic mass is 16.4. The van der Waals surface area contributed by atoms with E-state index in [4.69, 9.17) is 5.11 Å². The molecule has 38 heavy (non-hydrogen) atoms. The van der Waals surface area contributed by atoms with Gasteiger partial charge in [0.1, 0.15) is 6.54 Å². The van der Waals surface area contributed by atoms with Crippen LogP contribution in [-0.4, -0.2) is 56.4 Å². The molecule has 2 heterocycles. The van der Waals surface area contributed by atoms with Crippen molar-refractivity contribution in [3.63, 3.8) is 0 Å². The number of carbonyl (C=O) groups excluding carboxylic acids is 1. The van der Waals surface area contributed by atoms with E-state index in [1.807, 2.05) is 0 Å². The summed E-state index contributed by atoms with van der Waals surface area (Å²) in [5, 5.41) is 38.1. The molecule has 1 aromatic rings. The third kappa shape index (κ3) is 14.3. The molecule has 1 aliphatic rings. The molecule has 1 amide bonds. The van der Waals surface area contributed by atoms with Crippen LogP contribution in [-0.2, 0) is 9.59 Å². The lowest BCUT2D eigenvalue weighted by molar-refractivity contribution is -0.141. The monoisotopic (exact) mass is 532 g/mol. The van der Waals surface area contributed by atoms with Crippen molar-refractivity contribution in [2.75, 3.05) is 13.1 Å². The summed E-state index contributed by atoms with van der Waals surface area (Å²) in [6, 6.07) is 0. The Morgan fingerprint density at radius 1 is 0.868 bits per heavy atom. The van der Waals surface area contributed by atoms with Gasteiger partial charge in [-0.15, -0.1) is 15.3 Å². The van der Waals surface area contributed by atoms with Crippen molar-refractivity contribution in [2.24, 2.45) is 21.4 Å². The van der Waals surface area contributed by atoms with Crippen LogP contribution in [0.15, 0.2) is 15.4 Å². The second-order valence-electron chi connectivity index (χ2n) is 10.5. The van der Waals surface area contributed by atoms with Gasteiger partial charge in [-0.25, -0.2) is 0 Å². The van der Waals surface area contributed by atoms with Crippen molar-refractivity contribution in [1.29, 1.82) is 0 Å². The Balaban J connectivity index is 1.31. The van der Waals surface area contributed by atoms with Gasteiger partial charge in [0.2, 0.25) is 5.91 Å². The smallest absolute Gasteiger partial charge is 0.306 e. The average Bonchev–Trinajstić information content (AvgIpc) is 3.63. The molecule has 214 valence electrons. The quantitative estimate of drug-likeness (QED) is 0.139. The predicted octanol–water partition coefficient (Wildman–Crippen LogP) is 5.96. The van der Waals surface area contributed by atoms with Crippen LogP contribution in [0.4, 0.5) is 0 Å². The maximum Gasteiger partial charge on any atom is 0.306 e. The van der Waals surface area contributed by atoms with Crippen LogP contribution in [0, 0.1) is 5.92 Å². The number of nitrogens with one attached hydrogen (secondary N) is 2. The third-order valence-corrected chi connectivity index (χ3v) is 7.25. The number of carboxylic acids is 1. The SMILES string of the molecule is C[C@@H](CCCCNC(=O)CCCCCCCCCCCCCCCC(C1=NN=NC1)c1nn[nH]n1)C(=O)O. The maximum absolute atomic E-state index is 11.9. The van der Waals surface area contributed by atoms with E-state index in [1.54, 1.807) is 6.92 Å². The van der Waals surface area contributed by atoms with E-state index >= 15 is 0 Å². The molecule has 1 aliphatic heterocycles. The van der Waals surface area contributed by atoms with Gasteiger partial charge in [-0.05, 0) is 30.9 Å². The number of H-pyrrole nitrogens is 1. The number of amides is 1. The summed E-state index contributed by atoms with van der Waals surface area (Å²) in [6.07, 6.45) is 19.9. The number of carboxylic acid groups (broad SMARTS) is 1. The summed E-state index contributed by atoms with van der Waals surface area (Å²) in [7, 11) is 0. The first-order chi connectivity index (χ1) is 18.6. The molecule has 0 saturated heterocycles. The molecule has 0 radical (unpaired) electrons. The highest BCUT2D eigenvalue weighted by molar-refractivity contribution is 5.92. The van der Waals surface area contributed by atoms with Crippen LogP contribution in [0.5, 0.6) is 0 Å². The van der Waals surface area contributed by atoms with Crippen molar-refractivity contribution in [3.05, 3.63) is 5.82 Å². The minimum Gasteiger partial charge on any atom is -0.481 e. The van der Waals surface area contributed by atoms with Crippen molar-refractivity contribution in [2.45, 2.75) is 128 Å². The zero-order valence-electron chi connectivity index (χ0n) is 23.2. The van der Waals surface area contributed by atoms with Crippen LogP contribution in [0.25, 0.3) is 0 Å². The molecule has 1 unspecified atom stereocenters. The van der Waals surface area contributed by atoms with Crippen molar-refractivity contribution in [1.82, 2.24) is 25.9 Å². The van der Waals surface area contributed by atoms with Crippen LogP contribution in [0.2, 0.25) is 0 Å². The minimum atomic E-state index is -0.746. The fourth-order valence-corrected chi connectivity index (χ4v) is 4.76. The van der Waals surface area contributed by atoms with Gasteiger partial charge in [-0.1, -0.05) is 95.6 Å². The number of tetrazole rings is 1. The van der Waals surface area contributed by atoms with E-state index in [-0.39, 0.29) is 17.7 Å². The lowest BCUT2D eigenvalue weighted by Gasteiger charge is -2.11. The summed E-state index contributed by atoms with van der Waals surface area (Å²) < 4.78 is 0. The van der Waals surface area contributed by atoms with Crippen molar-refractivity contribution in [3.8, 4) is 0 Å². The molecule has 0 aromatic carbocycles. The van der Waals surface area contributed by atoms with Gasteiger partial charge in [-0.3, -0.25) is 9.59 Å². The first kappa shape index (κ1) is 31.5. The first-order valence-electron chi connectivity index (χ1n) is 14.7. The molecule has 3 N–H and O–H groups in total. The Hall–Kier alpha value is -2.72. The molecule has 1 aromatic heterocycles. The normalized spacial score (nSPS) is 14.4. The highest BCUT2D eigenvalue weighted by Gasteiger charge is 2.24. The van der Waals surface area contributed by atoms with E-state index in [0.717, 1.165) is 44.2 Å². The lowest BCUT2D eigenvalue weighted by Crippen LogP contribution is -2.24. The molecule has 11 heteroatoms. The number of hydrogen-bond donors (Lipinski definition) is 3. The van der Waals surface area contributed by atoms with Crippen LogP contribution in [0.3, 0.4) is 0 Å². The third-order valence-electron chi connectivity index (χ3n) is 7.25. The molecule has 2 rings (SSSR count). The van der Waals surface area contributed by atoms with Gasteiger partial charge in [0.25, 0.3) is 0 Å². The molecule has 11 nitrogen and oxygen atoms in total. The standard InChI is InChI=1S/C27H48N8O3/c1-22(27(37)38)17-15-16-20-28-25(36)19-14-12-10-8-6-4-2-3-5-7-9-11-13-18-23(24-21-29-33-30-24)26-31-34-35-32-26/h22-23H,2-21H2,1H3,(H,28,36)(H,37,38)(H,31,32,34,35)/t22-,23?/m0/s1. The number of hydrogen-bond acceptors (Lipinski definition) is 8. The average molecular weight is 533 g/mol. The number of aromatic amines is 1. The fraction of sp³-hybridized carbons (Fsp3) is 0.852. The van der Waals surface area contributed by atoms with Crippen LogP contribution < -0.4 is 5.32 Å². The molecule has 0 spiro atoms. The second kappa shape index (κ2) is 20.3. The van der Waals surface area contributed by atoms with Crippen LogP contribution in [0.1, 0.15) is 134 Å². The summed E-state index contributed by atoms with van der Waals surface area (Å²) in [5.74, 6) is -0.168. The molecular weight excluding hydrogens is 484 g/mol. The number of aromatic nitrogens is 4. The summed E-state index contributed by atoms with van der Waals surface area (Å²) in [4.78, 5) is 22.6. The molecule has 0 saturated carbocycles. The van der Waals surface area contributed by atoms with E-state index in [2.05, 4.69) is 41.4 Å². The van der Waals surface area contributed by atoms with Gasteiger partial charge in [0, 0.05) is 13.0 Å². The fourth-order valence-electron chi connectivity index (χ4n) is 4.76. The number of carbonyl (C=O) groups is 2. The largest absolute Gasteiger partial charge is 0.481 e. The zero-order chi connectivity index (χ0) is 27.3. The Labute approximate surface area is 227 Å². The van der Waals surface area contributed by atoms with Crippen molar-refractivity contribution < 1.29 is 14.7 Å².